The van der Waals surface area contributed by atoms with Gasteiger partial charge >= 0.3 is 0 Å². The number of nitrogens with two attached hydrogens (primary N) is 1. The van der Waals surface area contributed by atoms with Gasteiger partial charge in [-0.15, -0.1) is 0 Å². The molecule has 0 aromatic heterocycles. The summed E-state index contributed by atoms with van der Waals surface area (Å²) in [4.78, 5) is 10.6. The summed E-state index contributed by atoms with van der Waals surface area (Å²) in [5, 5.41) is -0.0617. The standard InChI is InChI=1S/C11H9F2NOS/c1-7(15)16-4-2-3-8-5-11(14)10(13)6-9(8)12/h5-6H,4,14H2,1H3. The monoisotopic (exact) mass is 241 g/mol. The Hall–Kier alpha value is -1.54. The molecule has 1 rings (SSSR count). The summed E-state index contributed by atoms with van der Waals surface area (Å²) in [6.45, 7) is 1.42. The minimum atomic E-state index is -0.804. The van der Waals surface area contributed by atoms with E-state index < -0.39 is 11.6 Å². The number of anilines is 1. The van der Waals surface area contributed by atoms with Crippen LogP contribution in [0.1, 0.15) is 12.5 Å². The molecule has 0 unspecified atom stereocenters. The number of hydrogen-bond acceptors (Lipinski definition) is 3. The van der Waals surface area contributed by atoms with Crippen LogP contribution < -0.4 is 5.73 Å². The number of carbonyl (C=O) groups excluding carboxylic acids is 1. The van der Waals surface area contributed by atoms with Gasteiger partial charge < -0.3 is 5.73 Å². The molecule has 0 saturated carbocycles. The molecule has 0 heterocycles. The number of thioether (sulfide) groups is 1. The molecule has 0 fully saturated rings. The third kappa shape index (κ3) is 3.55. The van der Waals surface area contributed by atoms with Gasteiger partial charge in [-0.3, -0.25) is 4.79 Å². The molecule has 1 aromatic carbocycles. The van der Waals surface area contributed by atoms with Gasteiger partial charge in [0.1, 0.15) is 11.6 Å². The first-order chi connectivity index (χ1) is 7.50. The molecule has 0 atom stereocenters. The van der Waals surface area contributed by atoms with E-state index in [0.29, 0.717) is 6.07 Å². The number of halogens is 2. The minimum absolute atomic E-state index is 0.0306. The van der Waals surface area contributed by atoms with Crippen molar-refractivity contribution in [1.29, 1.82) is 0 Å². The second-order valence-electron chi connectivity index (χ2n) is 2.94. The van der Waals surface area contributed by atoms with Crippen LogP contribution in [0.4, 0.5) is 14.5 Å². The van der Waals surface area contributed by atoms with Crippen LogP contribution in [0.15, 0.2) is 12.1 Å². The maximum atomic E-state index is 13.1. The van der Waals surface area contributed by atoms with Crippen LogP contribution in [-0.2, 0) is 4.79 Å². The molecule has 84 valence electrons. The number of nitrogen functional groups attached to an aromatic ring is 1. The van der Waals surface area contributed by atoms with Crippen LogP contribution in [0.3, 0.4) is 0 Å². The molecule has 2 nitrogen and oxygen atoms in total. The van der Waals surface area contributed by atoms with E-state index in [0.717, 1.165) is 17.8 Å². The fourth-order valence-corrected chi connectivity index (χ4v) is 1.28. The van der Waals surface area contributed by atoms with Crippen molar-refractivity contribution in [2.45, 2.75) is 6.92 Å². The van der Waals surface area contributed by atoms with Crippen molar-refractivity contribution in [3.8, 4) is 11.8 Å². The normalized spacial score (nSPS) is 9.44. The van der Waals surface area contributed by atoms with Crippen LogP contribution >= 0.6 is 11.8 Å². The topological polar surface area (TPSA) is 43.1 Å². The predicted octanol–water partition coefficient (Wildman–Crippen LogP) is 2.18. The Morgan fingerprint density at radius 2 is 2.12 bits per heavy atom. The quantitative estimate of drug-likeness (QED) is 0.605. The molecule has 1 aromatic rings. The smallest absolute Gasteiger partial charge is 0.186 e. The molecule has 0 spiro atoms. The summed E-state index contributed by atoms with van der Waals surface area (Å²) < 4.78 is 25.9. The highest BCUT2D eigenvalue weighted by atomic mass is 32.2. The molecule has 0 amide bonds. The van der Waals surface area contributed by atoms with Gasteiger partial charge in [0.2, 0.25) is 0 Å². The Morgan fingerprint density at radius 3 is 2.75 bits per heavy atom. The third-order valence-electron chi connectivity index (χ3n) is 1.66. The SMILES string of the molecule is CC(=O)SCC#Cc1cc(N)c(F)cc1F. The lowest BCUT2D eigenvalue weighted by atomic mass is 10.2. The van der Waals surface area contributed by atoms with Crippen molar-refractivity contribution in [1.82, 2.24) is 0 Å². The van der Waals surface area contributed by atoms with Gasteiger partial charge in [-0.1, -0.05) is 23.6 Å². The summed E-state index contributed by atoms with van der Waals surface area (Å²) >= 11 is 1.02. The van der Waals surface area contributed by atoms with Crippen molar-refractivity contribution < 1.29 is 13.6 Å². The van der Waals surface area contributed by atoms with E-state index in [1.807, 2.05) is 0 Å². The van der Waals surface area contributed by atoms with Crippen LogP contribution in [0, 0.1) is 23.5 Å². The average molecular weight is 241 g/mol. The van der Waals surface area contributed by atoms with E-state index >= 15 is 0 Å². The van der Waals surface area contributed by atoms with Gasteiger partial charge in [0.15, 0.2) is 5.12 Å². The van der Waals surface area contributed by atoms with E-state index in [9.17, 15) is 13.6 Å². The fourth-order valence-electron chi connectivity index (χ4n) is 0.931. The number of hydrogen-bond donors (Lipinski definition) is 1. The molecular formula is C11H9F2NOS. The zero-order valence-electron chi connectivity index (χ0n) is 8.51. The lowest BCUT2D eigenvalue weighted by Crippen LogP contribution is -1.94. The number of benzene rings is 1. The molecule has 0 bridgehead atoms. The summed E-state index contributed by atoms with van der Waals surface area (Å²) in [5.41, 5.74) is 5.16. The van der Waals surface area contributed by atoms with Gasteiger partial charge in [-0.25, -0.2) is 8.78 Å². The predicted molar refractivity (Wildman–Crippen MR) is 60.8 cm³/mol. The molecule has 0 aliphatic rings. The van der Waals surface area contributed by atoms with Gasteiger partial charge in [-0.2, -0.15) is 0 Å². The van der Waals surface area contributed by atoms with E-state index in [4.69, 9.17) is 5.73 Å². The Morgan fingerprint density at radius 1 is 1.44 bits per heavy atom. The Kier molecular flexibility index (Phi) is 4.32. The van der Waals surface area contributed by atoms with Crippen molar-refractivity contribution in [3.05, 3.63) is 29.3 Å². The molecule has 2 N–H and O–H groups in total. The third-order valence-corrected chi connectivity index (χ3v) is 2.35. The van der Waals surface area contributed by atoms with Gasteiger partial charge in [0, 0.05) is 13.0 Å². The highest BCUT2D eigenvalue weighted by molar-refractivity contribution is 8.13. The van der Waals surface area contributed by atoms with Crippen LogP contribution in [0.5, 0.6) is 0 Å². The lowest BCUT2D eigenvalue weighted by Gasteiger charge is -1.98. The van der Waals surface area contributed by atoms with E-state index in [1.165, 1.54) is 6.92 Å². The number of carbonyl (C=O) groups is 1. The fraction of sp³-hybridized carbons (Fsp3) is 0.182. The largest absolute Gasteiger partial charge is 0.396 e. The minimum Gasteiger partial charge on any atom is -0.396 e. The highest BCUT2D eigenvalue weighted by Crippen LogP contribution is 2.15. The molecule has 0 saturated heterocycles. The summed E-state index contributed by atoms with van der Waals surface area (Å²) in [7, 11) is 0. The second kappa shape index (κ2) is 5.52. The van der Waals surface area contributed by atoms with Crippen molar-refractivity contribution >= 4 is 22.6 Å². The maximum Gasteiger partial charge on any atom is 0.186 e. The second-order valence-corrected chi connectivity index (χ2v) is 4.09. The van der Waals surface area contributed by atoms with Crippen molar-refractivity contribution in [3.63, 3.8) is 0 Å². The highest BCUT2D eigenvalue weighted by Gasteiger charge is 2.05. The lowest BCUT2D eigenvalue weighted by molar-refractivity contribution is -0.109. The molecule has 5 heteroatoms. The first-order valence-electron chi connectivity index (χ1n) is 4.37. The van der Waals surface area contributed by atoms with Crippen molar-refractivity contribution in [2.24, 2.45) is 0 Å². The van der Waals surface area contributed by atoms with Crippen molar-refractivity contribution in [2.75, 3.05) is 11.5 Å². The summed E-state index contributed by atoms with van der Waals surface area (Å²) in [6.07, 6.45) is 0. The summed E-state index contributed by atoms with van der Waals surface area (Å²) in [6, 6.07) is 1.83. The first-order valence-corrected chi connectivity index (χ1v) is 5.36. The van der Waals surface area contributed by atoms with Gasteiger partial charge in [-0.05, 0) is 6.07 Å². The summed E-state index contributed by atoms with van der Waals surface area (Å²) in [5.74, 6) is 3.79. The average Bonchev–Trinajstić information content (AvgIpc) is 2.19. The first kappa shape index (κ1) is 12.5. The Balaban J connectivity index is 2.81. The molecular weight excluding hydrogens is 232 g/mol. The molecule has 16 heavy (non-hydrogen) atoms. The van der Waals surface area contributed by atoms with Crippen LogP contribution in [0.2, 0.25) is 0 Å². The zero-order chi connectivity index (χ0) is 12.1. The molecule has 0 aliphatic carbocycles. The molecule has 0 radical (unpaired) electrons. The molecule has 0 aliphatic heterocycles. The Bertz CT molecular complexity index is 477. The Labute approximate surface area is 96.2 Å². The van der Waals surface area contributed by atoms with Crippen LogP contribution in [-0.4, -0.2) is 10.9 Å². The van der Waals surface area contributed by atoms with Gasteiger partial charge in [0.05, 0.1) is 17.0 Å². The number of rotatable bonds is 1. The van der Waals surface area contributed by atoms with Gasteiger partial charge in [0.25, 0.3) is 0 Å². The maximum absolute atomic E-state index is 13.1. The van der Waals surface area contributed by atoms with E-state index in [2.05, 4.69) is 11.8 Å². The van der Waals surface area contributed by atoms with E-state index in [1.54, 1.807) is 0 Å². The zero-order valence-corrected chi connectivity index (χ0v) is 9.33. The van der Waals surface area contributed by atoms with Crippen LogP contribution in [0.25, 0.3) is 0 Å². The van der Waals surface area contributed by atoms with E-state index in [-0.39, 0.29) is 22.1 Å².